The first-order valence-corrected chi connectivity index (χ1v) is 8.44. The van der Waals surface area contributed by atoms with Gasteiger partial charge in [-0.25, -0.2) is 4.98 Å². The van der Waals surface area contributed by atoms with Crippen molar-refractivity contribution in [1.29, 1.82) is 0 Å². The Morgan fingerprint density at radius 2 is 1.62 bits per heavy atom. The lowest BCUT2D eigenvalue weighted by Crippen LogP contribution is -2.07. The van der Waals surface area contributed by atoms with Crippen LogP contribution in [-0.2, 0) is 4.84 Å². The monoisotopic (exact) mass is 358 g/mol. The summed E-state index contributed by atoms with van der Waals surface area (Å²) in [5.74, 6) is 2.16. The molecular formula is C20H26N2O4. The van der Waals surface area contributed by atoms with Crippen molar-refractivity contribution in [2.24, 2.45) is 5.16 Å². The lowest BCUT2D eigenvalue weighted by molar-refractivity contribution is 0.213. The van der Waals surface area contributed by atoms with Crippen molar-refractivity contribution in [3.63, 3.8) is 0 Å². The number of rotatable bonds is 7. The van der Waals surface area contributed by atoms with Crippen LogP contribution in [0.1, 0.15) is 35.7 Å². The molecule has 1 heterocycles. The van der Waals surface area contributed by atoms with Crippen molar-refractivity contribution in [1.82, 2.24) is 4.98 Å². The average Bonchev–Trinajstić information content (AvgIpc) is 2.63. The van der Waals surface area contributed by atoms with Gasteiger partial charge in [0.05, 0.1) is 19.9 Å². The van der Waals surface area contributed by atoms with Gasteiger partial charge in [0.2, 0.25) is 11.6 Å². The van der Waals surface area contributed by atoms with Crippen LogP contribution in [0.3, 0.4) is 0 Å². The molecule has 0 aliphatic heterocycles. The third-order valence-electron chi connectivity index (χ3n) is 4.01. The van der Waals surface area contributed by atoms with Crippen LogP contribution in [-0.4, -0.2) is 32.0 Å². The van der Waals surface area contributed by atoms with Crippen molar-refractivity contribution in [3.05, 3.63) is 40.6 Å². The molecule has 0 amide bonds. The maximum atomic E-state index is 6.15. The summed E-state index contributed by atoms with van der Waals surface area (Å²) in [5, 5.41) is 4.13. The Morgan fingerprint density at radius 3 is 2.12 bits per heavy atom. The molecule has 0 saturated heterocycles. The van der Waals surface area contributed by atoms with Crippen molar-refractivity contribution < 1.29 is 19.0 Å². The van der Waals surface area contributed by atoms with Crippen LogP contribution >= 0.6 is 0 Å². The van der Waals surface area contributed by atoms with Crippen LogP contribution < -0.4 is 14.2 Å². The number of hydrogen-bond acceptors (Lipinski definition) is 6. The number of oxime groups is 1. The smallest absolute Gasteiger partial charge is 0.223 e. The van der Waals surface area contributed by atoms with E-state index in [2.05, 4.69) is 10.1 Å². The highest BCUT2D eigenvalue weighted by Gasteiger charge is 2.19. The average molecular weight is 358 g/mol. The number of nitrogens with zero attached hydrogens (tertiary/aromatic N) is 2. The van der Waals surface area contributed by atoms with E-state index in [9.17, 15) is 0 Å². The zero-order valence-corrected chi connectivity index (χ0v) is 16.5. The first-order chi connectivity index (χ1) is 12.4. The molecule has 0 fully saturated rings. The van der Waals surface area contributed by atoms with E-state index in [1.54, 1.807) is 21.3 Å². The van der Waals surface area contributed by atoms with Crippen molar-refractivity contribution in [2.75, 3.05) is 21.3 Å². The van der Waals surface area contributed by atoms with Crippen LogP contribution in [0.5, 0.6) is 23.1 Å². The Morgan fingerprint density at radius 1 is 1.00 bits per heavy atom. The molecule has 2 rings (SSSR count). The molecular weight excluding hydrogens is 332 g/mol. The van der Waals surface area contributed by atoms with E-state index in [1.165, 1.54) is 0 Å². The van der Waals surface area contributed by atoms with E-state index in [-0.39, 0.29) is 0 Å². The van der Waals surface area contributed by atoms with Gasteiger partial charge in [0.15, 0.2) is 11.5 Å². The van der Waals surface area contributed by atoms with Crippen molar-refractivity contribution in [2.45, 2.75) is 34.1 Å². The molecule has 0 aliphatic rings. The van der Waals surface area contributed by atoms with E-state index in [0.717, 1.165) is 34.5 Å². The summed E-state index contributed by atoms with van der Waals surface area (Å²) in [6.07, 6.45) is 0.731. The summed E-state index contributed by atoms with van der Waals surface area (Å²) >= 11 is 0. The summed E-state index contributed by atoms with van der Waals surface area (Å²) in [6, 6.07) is 5.77. The molecule has 2 aromatic rings. The molecule has 6 nitrogen and oxygen atoms in total. The minimum absolute atomic E-state index is 0.484. The highest BCUT2D eigenvalue weighted by atomic mass is 16.6. The minimum Gasteiger partial charge on any atom is -0.493 e. The molecule has 0 bridgehead atoms. The predicted molar refractivity (Wildman–Crippen MR) is 102 cm³/mol. The second kappa shape index (κ2) is 8.56. The maximum Gasteiger partial charge on any atom is 0.223 e. The number of benzene rings is 1. The van der Waals surface area contributed by atoms with Crippen LogP contribution in [0.25, 0.3) is 0 Å². The van der Waals surface area contributed by atoms with E-state index in [0.29, 0.717) is 23.1 Å². The van der Waals surface area contributed by atoms with Gasteiger partial charge in [-0.2, -0.15) is 0 Å². The van der Waals surface area contributed by atoms with Crippen LogP contribution in [0.4, 0.5) is 0 Å². The molecule has 140 valence electrons. The largest absolute Gasteiger partial charge is 0.493 e. The summed E-state index contributed by atoms with van der Waals surface area (Å²) in [6.45, 7) is 7.86. The highest BCUT2D eigenvalue weighted by Crippen LogP contribution is 2.41. The van der Waals surface area contributed by atoms with Crippen LogP contribution in [0.15, 0.2) is 23.4 Å². The molecule has 0 atom stereocenters. The molecule has 0 saturated carbocycles. The summed E-state index contributed by atoms with van der Waals surface area (Å²) < 4.78 is 17.1. The fourth-order valence-corrected chi connectivity index (χ4v) is 2.73. The second-order valence-corrected chi connectivity index (χ2v) is 5.92. The molecule has 0 radical (unpaired) electrons. The number of aryl methyl sites for hydroxylation is 2. The van der Waals surface area contributed by atoms with Crippen LogP contribution in [0, 0.1) is 20.8 Å². The van der Waals surface area contributed by atoms with E-state index in [4.69, 9.17) is 19.0 Å². The Kier molecular flexibility index (Phi) is 6.44. The van der Waals surface area contributed by atoms with Gasteiger partial charge in [0, 0.05) is 16.8 Å². The Bertz CT molecular complexity index is 791. The van der Waals surface area contributed by atoms with E-state index in [1.807, 2.05) is 45.9 Å². The Labute approximate surface area is 154 Å². The predicted octanol–water partition coefficient (Wildman–Crippen LogP) is 4.58. The van der Waals surface area contributed by atoms with E-state index >= 15 is 0 Å². The first kappa shape index (κ1) is 19.6. The van der Waals surface area contributed by atoms with Gasteiger partial charge in [0.1, 0.15) is 7.11 Å². The molecule has 0 N–H and O–H groups in total. The minimum atomic E-state index is 0.484. The van der Waals surface area contributed by atoms with E-state index < -0.39 is 0 Å². The van der Waals surface area contributed by atoms with Gasteiger partial charge in [-0.15, -0.1) is 0 Å². The second-order valence-electron chi connectivity index (χ2n) is 5.92. The lowest BCUT2D eigenvalue weighted by atomic mass is 10.0. The van der Waals surface area contributed by atoms with Gasteiger partial charge in [0.25, 0.3) is 0 Å². The highest BCUT2D eigenvalue weighted by molar-refractivity contribution is 6.01. The van der Waals surface area contributed by atoms with Crippen LogP contribution in [0.2, 0.25) is 0 Å². The zero-order valence-electron chi connectivity index (χ0n) is 16.5. The first-order valence-electron chi connectivity index (χ1n) is 8.44. The Balaban J connectivity index is 2.58. The topological polar surface area (TPSA) is 62.2 Å². The fraction of sp³-hybridized carbons (Fsp3) is 0.400. The zero-order chi connectivity index (χ0) is 19.3. The van der Waals surface area contributed by atoms with Gasteiger partial charge in [-0.05, 0) is 51.0 Å². The molecule has 1 aromatic carbocycles. The third kappa shape index (κ3) is 4.07. The van der Waals surface area contributed by atoms with Crippen molar-refractivity contribution >= 4 is 5.71 Å². The standard InChI is InChI=1S/C20H26N2O4/c1-8-16(22-25-7)15-11-13(3)21-20(14(15)4)26-19-17(23-5)9-12(2)10-18(19)24-6/h9-11H,8H2,1-7H3. The number of methoxy groups -OCH3 is 2. The van der Waals surface area contributed by atoms with Crippen molar-refractivity contribution in [3.8, 4) is 23.1 Å². The number of hydrogen-bond donors (Lipinski definition) is 0. The van der Waals surface area contributed by atoms with Gasteiger partial charge in [-0.3, -0.25) is 0 Å². The number of ether oxygens (including phenoxy) is 3. The number of aromatic nitrogens is 1. The quantitative estimate of drug-likeness (QED) is 0.536. The normalized spacial score (nSPS) is 11.3. The molecule has 0 unspecified atom stereocenters. The molecule has 0 spiro atoms. The third-order valence-corrected chi connectivity index (χ3v) is 4.01. The lowest BCUT2D eigenvalue weighted by Gasteiger charge is -2.17. The van der Waals surface area contributed by atoms with Gasteiger partial charge in [-0.1, -0.05) is 12.1 Å². The van der Waals surface area contributed by atoms with Gasteiger partial charge < -0.3 is 19.0 Å². The summed E-state index contributed by atoms with van der Waals surface area (Å²) in [5.41, 5.74) is 4.49. The fourth-order valence-electron chi connectivity index (χ4n) is 2.73. The maximum absolute atomic E-state index is 6.15. The summed E-state index contributed by atoms with van der Waals surface area (Å²) in [7, 11) is 4.74. The van der Waals surface area contributed by atoms with Gasteiger partial charge >= 0.3 is 0 Å². The number of pyridine rings is 1. The Hall–Kier alpha value is -2.76. The molecule has 6 heteroatoms. The SMILES string of the molecule is CCC(=NOC)c1cc(C)nc(Oc2c(OC)cc(C)cc2OC)c1C. The molecule has 26 heavy (non-hydrogen) atoms. The molecule has 1 aromatic heterocycles. The summed E-state index contributed by atoms with van der Waals surface area (Å²) in [4.78, 5) is 9.52. The molecule has 0 aliphatic carbocycles.